The van der Waals surface area contributed by atoms with Gasteiger partial charge >= 0.3 is 0 Å². The molecule has 21 heavy (non-hydrogen) atoms. The SMILES string of the molecule is CN1CCN(c2ccc(-c3ccn[nH]3)nn2)CC1.O=CO. The Bertz CT molecular complexity index is 534. The molecule has 2 aromatic heterocycles. The van der Waals surface area contributed by atoms with E-state index in [9.17, 15) is 0 Å². The summed E-state index contributed by atoms with van der Waals surface area (Å²) in [6.45, 7) is 3.91. The largest absolute Gasteiger partial charge is 0.483 e. The minimum atomic E-state index is -0.250. The second-order valence-corrected chi connectivity index (χ2v) is 4.64. The van der Waals surface area contributed by atoms with E-state index in [0.29, 0.717) is 0 Å². The molecule has 0 amide bonds. The van der Waals surface area contributed by atoms with Gasteiger partial charge in [-0.3, -0.25) is 9.89 Å². The first-order chi connectivity index (χ1) is 10.2. The summed E-state index contributed by atoms with van der Waals surface area (Å²) in [5.74, 6) is 0.950. The van der Waals surface area contributed by atoms with Crippen LogP contribution in [-0.2, 0) is 4.79 Å². The highest BCUT2D eigenvalue weighted by molar-refractivity contribution is 5.54. The molecule has 0 unspecified atom stereocenters. The Morgan fingerprint density at radius 2 is 1.90 bits per heavy atom. The van der Waals surface area contributed by atoms with Crippen molar-refractivity contribution in [1.82, 2.24) is 25.3 Å². The first-order valence-corrected chi connectivity index (χ1v) is 6.59. The first kappa shape index (κ1) is 14.9. The molecule has 0 atom stereocenters. The van der Waals surface area contributed by atoms with Gasteiger partial charge in [0.2, 0.25) is 0 Å². The first-order valence-electron chi connectivity index (χ1n) is 6.59. The Kier molecular flexibility index (Phi) is 5.22. The quantitative estimate of drug-likeness (QED) is 0.768. The van der Waals surface area contributed by atoms with Gasteiger partial charge in [-0.05, 0) is 25.2 Å². The third-order valence-electron chi connectivity index (χ3n) is 3.25. The molecule has 1 aliphatic heterocycles. The lowest BCUT2D eigenvalue weighted by Gasteiger charge is -2.32. The molecule has 0 saturated carbocycles. The summed E-state index contributed by atoms with van der Waals surface area (Å²) in [5.41, 5.74) is 1.72. The molecule has 0 aliphatic carbocycles. The molecule has 112 valence electrons. The molecule has 8 heteroatoms. The summed E-state index contributed by atoms with van der Waals surface area (Å²) in [6, 6.07) is 5.89. The number of likely N-dealkylation sites (N-methyl/N-ethyl adjacent to an activating group) is 1. The van der Waals surface area contributed by atoms with Crippen molar-refractivity contribution in [2.75, 3.05) is 38.1 Å². The molecule has 0 radical (unpaired) electrons. The Hall–Kier alpha value is -2.48. The van der Waals surface area contributed by atoms with Gasteiger partial charge in [0.15, 0.2) is 5.82 Å². The summed E-state index contributed by atoms with van der Waals surface area (Å²) in [5, 5.41) is 22.2. The van der Waals surface area contributed by atoms with Gasteiger partial charge in [-0.2, -0.15) is 5.10 Å². The van der Waals surface area contributed by atoms with Gasteiger partial charge in [-0.1, -0.05) is 0 Å². The van der Waals surface area contributed by atoms with Gasteiger partial charge in [0.1, 0.15) is 5.69 Å². The molecule has 3 rings (SSSR count). The fraction of sp³-hybridized carbons (Fsp3) is 0.385. The van der Waals surface area contributed by atoms with E-state index in [0.717, 1.165) is 43.4 Å². The fourth-order valence-electron chi connectivity index (χ4n) is 2.07. The number of anilines is 1. The van der Waals surface area contributed by atoms with Crippen LogP contribution in [0.4, 0.5) is 5.82 Å². The van der Waals surface area contributed by atoms with Gasteiger partial charge in [0.05, 0.1) is 5.69 Å². The van der Waals surface area contributed by atoms with Crippen molar-refractivity contribution in [3.05, 3.63) is 24.4 Å². The fourth-order valence-corrected chi connectivity index (χ4v) is 2.07. The number of H-pyrrole nitrogens is 1. The summed E-state index contributed by atoms with van der Waals surface area (Å²) in [7, 11) is 2.14. The van der Waals surface area contributed by atoms with Gasteiger partial charge in [-0.25, -0.2) is 0 Å². The van der Waals surface area contributed by atoms with Crippen molar-refractivity contribution < 1.29 is 9.90 Å². The van der Waals surface area contributed by atoms with Crippen molar-refractivity contribution in [3.63, 3.8) is 0 Å². The van der Waals surface area contributed by atoms with Gasteiger partial charge < -0.3 is 14.9 Å². The van der Waals surface area contributed by atoms with E-state index in [1.807, 2.05) is 18.2 Å². The highest BCUT2D eigenvalue weighted by Crippen LogP contribution is 2.16. The average Bonchev–Trinajstić information content (AvgIpc) is 3.03. The van der Waals surface area contributed by atoms with Crippen LogP contribution in [-0.4, -0.2) is 70.1 Å². The van der Waals surface area contributed by atoms with E-state index in [4.69, 9.17) is 9.90 Å². The lowest BCUT2D eigenvalue weighted by atomic mass is 10.3. The van der Waals surface area contributed by atoms with Gasteiger partial charge in [-0.15, -0.1) is 10.2 Å². The number of carboxylic acid groups (broad SMARTS) is 1. The van der Waals surface area contributed by atoms with E-state index in [2.05, 4.69) is 37.2 Å². The topological polar surface area (TPSA) is 98.2 Å². The number of nitrogens with one attached hydrogen (secondary N) is 1. The van der Waals surface area contributed by atoms with Crippen LogP contribution in [0.1, 0.15) is 0 Å². The lowest BCUT2D eigenvalue weighted by Crippen LogP contribution is -2.44. The zero-order valence-electron chi connectivity index (χ0n) is 11.8. The Balaban J connectivity index is 0.000000497. The van der Waals surface area contributed by atoms with Crippen LogP contribution in [0.25, 0.3) is 11.4 Å². The van der Waals surface area contributed by atoms with Crippen molar-refractivity contribution in [1.29, 1.82) is 0 Å². The highest BCUT2D eigenvalue weighted by Gasteiger charge is 2.15. The Morgan fingerprint density at radius 1 is 1.19 bits per heavy atom. The summed E-state index contributed by atoms with van der Waals surface area (Å²) < 4.78 is 0. The normalized spacial score (nSPS) is 15.2. The summed E-state index contributed by atoms with van der Waals surface area (Å²) >= 11 is 0. The van der Waals surface area contributed by atoms with Crippen LogP contribution >= 0.6 is 0 Å². The number of hydrogen-bond donors (Lipinski definition) is 2. The molecular formula is C13H18N6O2. The van der Waals surface area contributed by atoms with E-state index < -0.39 is 0 Å². The second kappa shape index (κ2) is 7.34. The van der Waals surface area contributed by atoms with Crippen LogP contribution in [0.5, 0.6) is 0 Å². The molecule has 2 aromatic rings. The van der Waals surface area contributed by atoms with E-state index >= 15 is 0 Å². The van der Waals surface area contributed by atoms with Crippen molar-refractivity contribution in [3.8, 4) is 11.4 Å². The molecule has 1 fully saturated rings. The zero-order chi connectivity index (χ0) is 15.1. The predicted molar refractivity (Wildman–Crippen MR) is 78.0 cm³/mol. The van der Waals surface area contributed by atoms with E-state index in [-0.39, 0.29) is 6.47 Å². The third kappa shape index (κ3) is 3.99. The number of carbonyl (C=O) groups is 1. The molecule has 3 heterocycles. The molecule has 0 bridgehead atoms. The maximum Gasteiger partial charge on any atom is 0.290 e. The number of aromatic nitrogens is 4. The lowest BCUT2D eigenvalue weighted by molar-refractivity contribution is -0.122. The van der Waals surface area contributed by atoms with Crippen molar-refractivity contribution in [2.24, 2.45) is 0 Å². The Labute approximate surface area is 122 Å². The second-order valence-electron chi connectivity index (χ2n) is 4.64. The maximum absolute atomic E-state index is 8.36. The Morgan fingerprint density at radius 3 is 2.43 bits per heavy atom. The molecule has 0 spiro atoms. The van der Waals surface area contributed by atoms with Gasteiger partial charge in [0, 0.05) is 32.4 Å². The highest BCUT2D eigenvalue weighted by atomic mass is 16.3. The minimum absolute atomic E-state index is 0.250. The van der Waals surface area contributed by atoms with Gasteiger partial charge in [0.25, 0.3) is 6.47 Å². The molecule has 1 aliphatic rings. The minimum Gasteiger partial charge on any atom is -0.483 e. The number of hydrogen-bond acceptors (Lipinski definition) is 6. The van der Waals surface area contributed by atoms with Crippen molar-refractivity contribution >= 4 is 12.3 Å². The van der Waals surface area contributed by atoms with Crippen LogP contribution in [0.15, 0.2) is 24.4 Å². The standard InChI is InChI=1S/C12H16N6.CH2O2/c1-17-6-8-18(9-7-17)12-3-2-10(15-16-12)11-4-5-13-14-11;2-1-3/h2-5H,6-9H2,1H3,(H,13,14);1H,(H,2,3). The molecule has 1 saturated heterocycles. The number of aromatic amines is 1. The number of rotatable bonds is 2. The molecule has 0 aromatic carbocycles. The smallest absolute Gasteiger partial charge is 0.290 e. The van der Waals surface area contributed by atoms with E-state index in [1.54, 1.807) is 6.20 Å². The van der Waals surface area contributed by atoms with Crippen LogP contribution < -0.4 is 4.90 Å². The van der Waals surface area contributed by atoms with Crippen molar-refractivity contribution in [2.45, 2.75) is 0 Å². The number of piperazine rings is 1. The molecular weight excluding hydrogens is 272 g/mol. The molecule has 2 N–H and O–H groups in total. The predicted octanol–water partition coefficient (Wildman–Crippen LogP) is 0.319. The van der Waals surface area contributed by atoms with Crippen LogP contribution in [0.2, 0.25) is 0 Å². The number of nitrogens with zero attached hydrogens (tertiary/aromatic N) is 5. The average molecular weight is 290 g/mol. The summed E-state index contributed by atoms with van der Waals surface area (Å²) in [6.07, 6.45) is 1.71. The van der Waals surface area contributed by atoms with Crippen LogP contribution in [0.3, 0.4) is 0 Å². The molecule has 8 nitrogen and oxygen atoms in total. The monoisotopic (exact) mass is 290 g/mol. The van der Waals surface area contributed by atoms with E-state index in [1.165, 1.54) is 0 Å². The third-order valence-corrected chi connectivity index (χ3v) is 3.25. The van der Waals surface area contributed by atoms with Crippen LogP contribution in [0, 0.1) is 0 Å². The zero-order valence-corrected chi connectivity index (χ0v) is 11.8. The summed E-state index contributed by atoms with van der Waals surface area (Å²) in [4.78, 5) is 13.0. The maximum atomic E-state index is 8.36.